The first-order chi connectivity index (χ1) is 17.7. The van der Waals surface area contributed by atoms with Crippen molar-refractivity contribution in [3.05, 3.63) is 29.3 Å². The third kappa shape index (κ3) is 16.4. The zero-order valence-corrected chi connectivity index (χ0v) is 21.1. The molecule has 1 aromatic rings. The lowest BCUT2D eigenvalue weighted by molar-refractivity contribution is -0.143. The Morgan fingerprint density at radius 1 is 0.974 bits per heavy atom. The number of alkyl halides is 3. The molecule has 0 radical (unpaired) electrons. The number of carboxylic acids is 4. The average molecular weight is 553 g/mol. The number of nitrogens with two attached hydrogens (primary N) is 1. The second-order valence-corrected chi connectivity index (χ2v) is 8.27. The summed E-state index contributed by atoms with van der Waals surface area (Å²) in [5, 5.41) is 31.6. The van der Waals surface area contributed by atoms with Gasteiger partial charge in [-0.25, -0.2) is 0 Å². The van der Waals surface area contributed by atoms with E-state index in [4.69, 9.17) is 30.9 Å². The molecule has 1 saturated heterocycles. The Morgan fingerprint density at radius 2 is 1.47 bits per heavy atom. The maximum Gasteiger partial charge on any atom is 0.416 e. The largest absolute Gasteiger partial charge is 0.494 e. The summed E-state index contributed by atoms with van der Waals surface area (Å²) < 4.78 is 44.0. The summed E-state index contributed by atoms with van der Waals surface area (Å²) in [7, 11) is 0. The standard InChI is InChI=1S/C16H23F3N2O.2C4H6O4/c1-2-22-15-4-3-14(16(17,18)19)9-13(15)6-8-21-7-5-12(10-20)11-21;2*5-3(6)1-2-4(7)8/h3-4,9,12H,2,5-8,10-11,20H2,1H3;2*1-2H2,(H,5,6)(H,7,8)/t12-;;/m0../s1. The highest BCUT2D eigenvalue weighted by atomic mass is 19.4. The number of hydrogen-bond donors (Lipinski definition) is 5. The molecular formula is C24H35F3N2O9. The SMILES string of the molecule is CCOc1ccc(C(F)(F)F)cc1CCN1CC[C@@H](CN)C1.O=C(O)CCC(=O)O.O=C(O)CCC(=O)O. The molecule has 1 aromatic carbocycles. The molecule has 0 aromatic heterocycles. The van der Waals surface area contributed by atoms with Gasteiger partial charge in [0.2, 0.25) is 0 Å². The third-order valence-corrected chi connectivity index (χ3v) is 5.19. The smallest absolute Gasteiger partial charge is 0.416 e. The number of benzene rings is 1. The van der Waals surface area contributed by atoms with Crippen LogP contribution in [-0.4, -0.2) is 82.0 Å². The molecule has 0 saturated carbocycles. The molecule has 11 nitrogen and oxygen atoms in total. The molecule has 1 aliphatic heterocycles. The summed E-state index contributed by atoms with van der Waals surface area (Å²) >= 11 is 0. The number of hydrogen-bond acceptors (Lipinski definition) is 7. The molecule has 0 amide bonds. The van der Waals surface area contributed by atoms with Gasteiger partial charge in [0.1, 0.15) is 5.75 Å². The monoisotopic (exact) mass is 552 g/mol. The van der Waals surface area contributed by atoms with Crippen molar-refractivity contribution in [2.75, 3.05) is 32.8 Å². The summed E-state index contributed by atoms with van der Waals surface area (Å²) in [6.07, 6.45) is -3.89. The van der Waals surface area contributed by atoms with Crippen molar-refractivity contribution in [3.63, 3.8) is 0 Å². The molecule has 216 valence electrons. The summed E-state index contributed by atoms with van der Waals surface area (Å²) in [6, 6.07) is 3.71. The number of likely N-dealkylation sites (tertiary alicyclic amines) is 1. The van der Waals surface area contributed by atoms with E-state index in [0.29, 0.717) is 36.8 Å². The first kappa shape index (κ1) is 34.6. The number of aliphatic carboxylic acids is 4. The highest BCUT2D eigenvalue weighted by Gasteiger charge is 2.31. The van der Waals surface area contributed by atoms with Gasteiger partial charge in [0.25, 0.3) is 0 Å². The van der Waals surface area contributed by atoms with Gasteiger partial charge in [-0.3, -0.25) is 19.2 Å². The van der Waals surface area contributed by atoms with Gasteiger partial charge in [-0.1, -0.05) is 0 Å². The zero-order chi connectivity index (χ0) is 29.3. The molecule has 2 rings (SSSR count). The van der Waals surface area contributed by atoms with E-state index >= 15 is 0 Å². The van der Waals surface area contributed by atoms with E-state index in [9.17, 15) is 32.3 Å². The van der Waals surface area contributed by atoms with E-state index in [1.807, 2.05) is 6.92 Å². The number of nitrogens with zero attached hydrogens (tertiary/aromatic N) is 1. The highest BCUT2D eigenvalue weighted by molar-refractivity contribution is 5.75. The van der Waals surface area contributed by atoms with E-state index in [-0.39, 0.29) is 25.7 Å². The van der Waals surface area contributed by atoms with Crippen LogP contribution in [0.1, 0.15) is 50.2 Å². The molecule has 1 heterocycles. The lowest BCUT2D eigenvalue weighted by atomic mass is 10.1. The van der Waals surface area contributed by atoms with Crippen LogP contribution in [-0.2, 0) is 31.8 Å². The third-order valence-electron chi connectivity index (χ3n) is 5.19. The Bertz CT molecular complexity index is 855. The fourth-order valence-corrected chi connectivity index (χ4v) is 3.26. The van der Waals surface area contributed by atoms with Crippen LogP contribution in [0.25, 0.3) is 0 Å². The fraction of sp³-hybridized carbons (Fsp3) is 0.583. The molecule has 1 atom stereocenters. The molecule has 1 aliphatic rings. The van der Waals surface area contributed by atoms with Crippen molar-refractivity contribution >= 4 is 23.9 Å². The predicted octanol–water partition coefficient (Wildman–Crippen LogP) is 2.80. The van der Waals surface area contributed by atoms with Gasteiger partial charge in [0, 0.05) is 13.1 Å². The minimum absolute atomic E-state index is 0.296. The maximum atomic E-state index is 12.9. The van der Waals surface area contributed by atoms with Gasteiger partial charge in [-0.2, -0.15) is 13.2 Å². The van der Waals surface area contributed by atoms with E-state index in [1.165, 1.54) is 12.1 Å². The number of carbonyl (C=O) groups is 4. The molecular weight excluding hydrogens is 517 g/mol. The first-order valence-electron chi connectivity index (χ1n) is 11.8. The first-order valence-corrected chi connectivity index (χ1v) is 11.8. The van der Waals surface area contributed by atoms with Crippen LogP contribution in [0.4, 0.5) is 13.2 Å². The highest BCUT2D eigenvalue weighted by Crippen LogP contribution is 2.33. The molecule has 0 unspecified atom stereocenters. The Hall–Kier alpha value is -3.39. The second-order valence-electron chi connectivity index (χ2n) is 8.27. The number of halogens is 3. The zero-order valence-electron chi connectivity index (χ0n) is 21.1. The van der Waals surface area contributed by atoms with E-state index in [2.05, 4.69) is 4.90 Å². The quantitative estimate of drug-likeness (QED) is 0.256. The van der Waals surface area contributed by atoms with Crippen molar-refractivity contribution in [2.24, 2.45) is 11.7 Å². The van der Waals surface area contributed by atoms with Crippen LogP contribution in [0, 0.1) is 5.92 Å². The van der Waals surface area contributed by atoms with Crippen molar-refractivity contribution in [1.29, 1.82) is 0 Å². The number of rotatable bonds is 12. The molecule has 0 spiro atoms. The lowest BCUT2D eigenvalue weighted by Gasteiger charge is -2.18. The van der Waals surface area contributed by atoms with E-state index < -0.39 is 35.6 Å². The Balaban J connectivity index is 0.000000705. The topological polar surface area (TPSA) is 188 Å². The van der Waals surface area contributed by atoms with E-state index in [0.717, 1.165) is 32.1 Å². The average Bonchev–Trinajstić information content (AvgIpc) is 3.29. The molecule has 0 aliphatic carbocycles. The summed E-state index contributed by atoms with van der Waals surface area (Å²) in [6.45, 7) is 5.57. The van der Waals surface area contributed by atoms with Gasteiger partial charge in [-0.15, -0.1) is 0 Å². The second kappa shape index (κ2) is 18.0. The molecule has 0 bridgehead atoms. The van der Waals surface area contributed by atoms with Gasteiger partial charge in [-0.05, 0) is 62.5 Å². The predicted molar refractivity (Wildman–Crippen MR) is 129 cm³/mol. The fourth-order valence-electron chi connectivity index (χ4n) is 3.26. The van der Waals surface area contributed by atoms with Crippen molar-refractivity contribution in [2.45, 2.75) is 51.6 Å². The van der Waals surface area contributed by atoms with Crippen molar-refractivity contribution in [1.82, 2.24) is 4.90 Å². The maximum absolute atomic E-state index is 12.9. The van der Waals surface area contributed by atoms with Crippen LogP contribution >= 0.6 is 0 Å². The van der Waals surface area contributed by atoms with Gasteiger partial charge < -0.3 is 35.8 Å². The van der Waals surface area contributed by atoms with Crippen LogP contribution in [0.3, 0.4) is 0 Å². The molecule has 1 fully saturated rings. The molecule has 38 heavy (non-hydrogen) atoms. The van der Waals surface area contributed by atoms with Crippen molar-refractivity contribution in [3.8, 4) is 5.75 Å². The van der Waals surface area contributed by atoms with E-state index in [1.54, 1.807) is 0 Å². The summed E-state index contributed by atoms with van der Waals surface area (Å²) in [4.78, 5) is 40.8. The number of ether oxygens (including phenoxy) is 1. The van der Waals surface area contributed by atoms with Crippen LogP contribution in [0.5, 0.6) is 5.75 Å². The number of carboxylic acid groups (broad SMARTS) is 4. The summed E-state index contributed by atoms with van der Waals surface area (Å²) in [5.41, 5.74) is 5.66. The van der Waals surface area contributed by atoms with Crippen molar-refractivity contribution < 1.29 is 57.5 Å². The normalized spacial score (nSPS) is 14.9. The van der Waals surface area contributed by atoms with Gasteiger partial charge in [0.05, 0.1) is 37.9 Å². The van der Waals surface area contributed by atoms with Crippen LogP contribution < -0.4 is 10.5 Å². The minimum atomic E-state index is -4.32. The Morgan fingerprint density at radius 3 is 1.84 bits per heavy atom. The molecule has 14 heteroatoms. The van der Waals surface area contributed by atoms with Crippen LogP contribution in [0.2, 0.25) is 0 Å². The van der Waals surface area contributed by atoms with Gasteiger partial charge >= 0.3 is 30.1 Å². The Kier molecular flexibility index (Phi) is 16.4. The molecule has 6 N–H and O–H groups in total. The Labute approximate surface area is 218 Å². The lowest BCUT2D eigenvalue weighted by Crippen LogP contribution is -2.25. The minimum Gasteiger partial charge on any atom is -0.494 e. The summed E-state index contributed by atoms with van der Waals surface area (Å²) in [5.74, 6) is -3.25. The van der Waals surface area contributed by atoms with Crippen LogP contribution in [0.15, 0.2) is 18.2 Å². The van der Waals surface area contributed by atoms with Gasteiger partial charge in [0.15, 0.2) is 0 Å².